The molecule has 2 N–H and O–H groups in total. The van der Waals surface area contributed by atoms with E-state index in [0.717, 1.165) is 44.0 Å². The molecule has 5 heteroatoms. The molecule has 0 radical (unpaired) electrons. The van der Waals surface area contributed by atoms with Crippen molar-refractivity contribution in [2.24, 2.45) is 5.73 Å². The number of nitrogens with zero attached hydrogens (tertiary/aromatic N) is 2. The summed E-state index contributed by atoms with van der Waals surface area (Å²) in [5.41, 5.74) is 5.95. The normalized spacial score (nSPS) is 18.4. The van der Waals surface area contributed by atoms with E-state index in [9.17, 15) is 0 Å². The molecular weight excluding hydrogens is 270 g/mol. The maximum Gasteiger partial charge on any atom is 0.171 e. The van der Waals surface area contributed by atoms with Crippen LogP contribution in [0.15, 0.2) is 18.3 Å². The molecule has 1 aromatic rings. The molecule has 0 spiro atoms. The van der Waals surface area contributed by atoms with E-state index in [1.54, 1.807) is 0 Å². The maximum absolute atomic E-state index is 5.95. The smallest absolute Gasteiger partial charge is 0.171 e. The standard InChI is InChI=1S/C15H25N3OS/c1-12(2)19-13-5-4-8-17-14(13)18-9-6-15(11-16,20-3)7-10-18/h4-5,8,12H,6-7,9-11,16H2,1-3H3. The molecule has 0 aliphatic carbocycles. The summed E-state index contributed by atoms with van der Waals surface area (Å²) in [6.45, 7) is 6.81. The van der Waals surface area contributed by atoms with Gasteiger partial charge in [0.15, 0.2) is 11.6 Å². The van der Waals surface area contributed by atoms with E-state index >= 15 is 0 Å². The number of ether oxygens (including phenoxy) is 1. The van der Waals surface area contributed by atoms with Crippen molar-refractivity contribution in [2.75, 3.05) is 30.8 Å². The van der Waals surface area contributed by atoms with E-state index < -0.39 is 0 Å². The van der Waals surface area contributed by atoms with Crippen molar-refractivity contribution in [3.63, 3.8) is 0 Å². The van der Waals surface area contributed by atoms with Gasteiger partial charge in [0.2, 0.25) is 0 Å². The first kappa shape index (κ1) is 15.4. The molecule has 0 unspecified atom stereocenters. The van der Waals surface area contributed by atoms with Gasteiger partial charge in [-0.25, -0.2) is 4.98 Å². The van der Waals surface area contributed by atoms with Crippen LogP contribution in [0.4, 0.5) is 5.82 Å². The van der Waals surface area contributed by atoms with Crippen molar-refractivity contribution < 1.29 is 4.74 Å². The van der Waals surface area contributed by atoms with Gasteiger partial charge in [0.25, 0.3) is 0 Å². The first-order chi connectivity index (χ1) is 9.60. The zero-order chi connectivity index (χ0) is 14.6. The molecule has 1 aromatic heterocycles. The molecule has 20 heavy (non-hydrogen) atoms. The van der Waals surface area contributed by atoms with Crippen molar-refractivity contribution in [1.29, 1.82) is 0 Å². The average molecular weight is 295 g/mol. The van der Waals surface area contributed by atoms with Gasteiger partial charge >= 0.3 is 0 Å². The predicted octanol–water partition coefficient (Wildman–Crippen LogP) is 2.53. The Morgan fingerprint density at radius 2 is 2.15 bits per heavy atom. The minimum atomic E-state index is 0.164. The lowest BCUT2D eigenvalue weighted by Crippen LogP contribution is -2.46. The van der Waals surface area contributed by atoms with Crippen molar-refractivity contribution in [3.05, 3.63) is 18.3 Å². The zero-order valence-electron chi connectivity index (χ0n) is 12.6. The first-order valence-corrected chi connectivity index (χ1v) is 8.44. The highest BCUT2D eigenvalue weighted by molar-refractivity contribution is 8.00. The molecule has 0 atom stereocenters. The second kappa shape index (κ2) is 6.68. The summed E-state index contributed by atoms with van der Waals surface area (Å²) in [7, 11) is 0. The Balaban J connectivity index is 2.10. The predicted molar refractivity (Wildman–Crippen MR) is 86.7 cm³/mol. The fourth-order valence-corrected chi connectivity index (χ4v) is 3.34. The Kier molecular flexibility index (Phi) is 5.16. The van der Waals surface area contributed by atoms with Gasteiger partial charge in [-0.3, -0.25) is 0 Å². The molecule has 0 saturated carbocycles. The van der Waals surface area contributed by atoms with Crippen LogP contribution in [0.1, 0.15) is 26.7 Å². The molecule has 2 rings (SSSR count). The van der Waals surface area contributed by atoms with E-state index in [1.165, 1.54) is 0 Å². The van der Waals surface area contributed by atoms with Gasteiger partial charge in [-0.15, -0.1) is 0 Å². The summed E-state index contributed by atoms with van der Waals surface area (Å²) >= 11 is 1.90. The SMILES string of the molecule is CSC1(CN)CCN(c2ncccc2OC(C)C)CC1. The molecule has 0 aromatic carbocycles. The van der Waals surface area contributed by atoms with Gasteiger partial charge in [-0.05, 0) is 45.1 Å². The Labute approximate surface area is 126 Å². The van der Waals surface area contributed by atoms with E-state index in [2.05, 4.69) is 16.1 Å². The molecular formula is C15H25N3OS. The summed E-state index contributed by atoms with van der Waals surface area (Å²) in [6.07, 6.45) is 6.36. The fourth-order valence-electron chi connectivity index (χ4n) is 2.58. The third kappa shape index (κ3) is 3.38. The average Bonchev–Trinajstić information content (AvgIpc) is 2.47. The lowest BCUT2D eigenvalue weighted by atomic mass is 9.96. The number of thioether (sulfide) groups is 1. The van der Waals surface area contributed by atoms with E-state index in [1.807, 2.05) is 43.9 Å². The van der Waals surface area contributed by atoms with Crippen LogP contribution in [0.25, 0.3) is 0 Å². The highest BCUT2D eigenvalue weighted by Crippen LogP contribution is 2.36. The lowest BCUT2D eigenvalue weighted by molar-refractivity contribution is 0.241. The lowest BCUT2D eigenvalue weighted by Gasteiger charge is -2.40. The quantitative estimate of drug-likeness (QED) is 0.904. The molecule has 112 valence electrons. The Bertz CT molecular complexity index is 425. The summed E-state index contributed by atoms with van der Waals surface area (Å²) in [4.78, 5) is 6.84. The number of anilines is 1. The van der Waals surface area contributed by atoms with Crippen LogP contribution in [0.2, 0.25) is 0 Å². The van der Waals surface area contributed by atoms with Gasteiger partial charge in [0.05, 0.1) is 6.10 Å². The molecule has 2 heterocycles. The second-order valence-corrected chi connectivity index (χ2v) is 6.84. The van der Waals surface area contributed by atoms with Crippen LogP contribution in [0, 0.1) is 0 Å². The number of nitrogens with two attached hydrogens (primary N) is 1. The summed E-state index contributed by atoms with van der Waals surface area (Å²) in [5.74, 6) is 1.85. The molecule has 0 bridgehead atoms. The van der Waals surface area contributed by atoms with Crippen LogP contribution < -0.4 is 15.4 Å². The Morgan fingerprint density at radius 3 is 2.70 bits per heavy atom. The van der Waals surface area contributed by atoms with Gasteiger partial charge < -0.3 is 15.4 Å². The maximum atomic E-state index is 5.95. The van der Waals surface area contributed by atoms with Gasteiger partial charge in [-0.2, -0.15) is 11.8 Å². The molecule has 1 fully saturated rings. The highest BCUT2D eigenvalue weighted by atomic mass is 32.2. The monoisotopic (exact) mass is 295 g/mol. The topological polar surface area (TPSA) is 51.4 Å². The van der Waals surface area contributed by atoms with E-state index in [4.69, 9.17) is 10.5 Å². The summed E-state index contributed by atoms with van der Waals surface area (Å²) < 4.78 is 6.11. The Morgan fingerprint density at radius 1 is 1.45 bits per heavy atom. The van der Waals surface area contributed by atoms with Crippen molar-refractivity contribution in [1.82, 2.24) is 4.98 Å². The van der Waals surface area contributed by atoms with Crippen molar-refractivity contribution >= 4 is 17.6 Å². The van der Waals surface area contributed by atoms with Gasteiger partial charge in [0.1, 0.15) is 0 Å². The van der Waals surface area contributed by atoms with Crippen LogP contribution in [0.3, 0.4) is 0 Å². The third-order valence-corrected chi connectivity index (χ3v) is 5.33. The van der Waals surface area contributed by atoms with Crippen molar-refractivity contribution in [3.8, 4) is 5.75 Å². The zero-order valence-corrected chi connectivity index (χ0v) is 13.4. The van der Waals surface area contributed by atoms with Crippen molar-refractivity contribution in [2.45, 2.75) is 37.5 Å². The van der Waals surface area contributed by atoms with Crippen LogP contribution >= 0.6 is 11.8 Å². The molecule has 1 saturated heterocycles. The van der Waals surface area contributed by atoms with Crippen LogP contribution in [-0.2, 0) is 0 Å². The molecule has 4 nitrogen and oxygen atoms in total. The summed E-state index contributed by atoms with van der Waals surface area (Å²) in [5, 5.41) is 0. The fraction of sp³-hybridized carbons (Fsp3) is 0.667. The number of pyridine rings is 1. The first-order valence-electron chi connectivity index (χ1n) is 7.22. The highest BCUT2D eigenvalue weighted by Gasteiger charge is 2.33. The number of piperidine rings is 1. The van der Waals surface area contributed by atoms with Crippen LogP contribution in [-0.4, -0.2) is 41.7 Å². The largest absolute Gasteiger partial charge is 0.487 e. The van der Waals surface area contributed by atoms with E-state index in [-0.39, 0.29) is 10.9 Å². The minimum Gasteiger partial charge on any atom is -0.487 e. The number of hydrogen-bond donors (Lipinski definition) is 1. The Hall–Kier alpha value is -0.940. The summed E-state index contributed by atoms with van der Waals surface area (Å²) in [6, 6.07) is 3.93. The number of hydrogen-bond acceptors (Lipinski definition) is 5. The van der Waals surface area contributed by atoms with E-state index in [0.29, 0.717) is 0 Å². The van der Waals surface area contributed by atoms with Gasteiger partial charge in [0, 0.05) is 30.6 Å². The third-order valence-electron chi connectivity index (χ3n) is 3.89. The van der Waals surface area contributed by atoms with Crippen LogP contribution in [0.5, 0.6) is 5.75 Å². The number of rotatable bonds is 5. The minimum absolute atomic E-state index is 0.164. The second-order valence-electron chi connectivity index (χ2n) is 5.57. The molecule has 1 aliphatic rings. The molecule has 0 amide bonds. The number of aromatic nitrogens is 1. The molecule has 1 aliphatic heterocycles. The van der Waals surface area contributed by atoms with Gasteiger partial charge in [-0.1, -0.05) is 0 Å².